The van der Waals surface area contributed by atoms with Crippen molar-refractivity contribution in [2.45, 2.75) is 56.7 Å². The van der Waals surface area contributed by atoms with Crippen LogP contribution in [-0.4, -0.2) is 82.9 Å². The maximum atomic E-state index is 12.2. The molecule has 254 valence electrons. The summed E-state index contributed by atoms with van der Waals surface area (Å²) in [6, 6.07) is 22.3. The van der Waals surface area contributed by atoms with Gasteiger partial charge in [-0.1, -0.05) is 42.5 Å². The van der Waals surface area contributed by atoms with Crippen molar-refractivity contribution in [2.75, 3.05) is 32.9 Å². The molecule has 4 heterocycles. The summed E-state index contributed by atoms with van der Waals surface area (Å²) in [5.74, 6) is 1.20. The Morgan fingerprint density at radius 2 is 1.55 bits per heavy atom. The summed E-state index contributed by atoms with van der Waals surface area (Å²) < 4.78 is 31.7. The van der Waals surface area contributed by atoms with Gasteiger partial charge in [0.05, 0.1) is 50.1 Å². The number of hydrogen-bond acceptors (Lipinski definition) is 8. The Kier molecular flexibility index (Phi) is 9.17. The molecule has 0 atom stereocenters. The summed E-state index contributed by atoms with van der Waals surface area (Å²) >= 11 is 0. The van der Waals surface area contributed by atoms with Crippen LogP contribution in [0.3, 0.4) is 0 Å². The molecule has 2 aliphatic carbocycles. The molecule has 1 saturated heterocycles. The molecule has 2 aromatic carbocycles. The highest BCUT2D eigenvalue weighted by atomic mass is 16.6. The largest absolute Gasteiger partial charge is 0.474 e. The minimum Gasteiger partial charge on any atom is -0.474 e. The first-order valence-electron chi connectivity index (χ1n) is 17.3. The molecule has 0 N–H and O–H groups in total. The quantitative estimate of drug-likeness (QED) is 0.131. The number of rotatable bonds is 13. The zero-order valence-corrected chi connectivity index (χ0v) is 27.8. The highest BCUT2D eigenvalue weighted by molar-refractivity contribution is 6.08. The van der Waals surface area contributed by atoms with E-state index in [1.165, 1.54) is 21.8 Å². The molecule has 49 heavy (non-hydrogen) atoms. The summed E-state index contributed by atoms with van der Waals surface area (Å²) in [4.78, 5) is 22.7. The minimum atomic E-state index is -0.291. The monoisotopic (exact) mass is 662 g/mol. The lowest BCUT2D eigenvalue weighted by Crippen LogP contribution is -2.55. The van der Waals surface area contributed by atoms with E-state index in [4.69, 9.17) is 23.7 Å². The van der Waals surface area contributed by atoms with Gasteiger partial charge in [0.2, 0.25) is 5.88 Å². The van der Waals surface area contributed by atoms with Crippen LogP contribution in [0.4, 0.5) is 4.79 Å². The lowest BCUT2D eigenvalue weighted by atomic mass is 9.82. The van der Waals surface area contributed by atoms with Crippen LogP contribution >= 0.6 is 0 Å². The van der Waals surface area contributed by atoms with Gasteiger partial charge in [0.1, 0.15) is 12.7 Å². The number of carbonyl (C=O) groups excluding carboxylic acids is 1. The lowest BCUT2D eigenvalue weighted by molar-refractivity contribution is -0.117. The van der Waals surface area contributed by atoms with Gasteiger partial charge in [0, 0.05) is 73.0 Å². The summed E-state index contributed by atoms with van der Waals surface area (Å²) in [7, 11) is 2.09. The van der Waals surface area contributed by atoms with E-state index in [2.05, 4.69) is 51.9 Å². The Morgan fingerprint density at radius 3 is 2.35 bits per heavy atom. The maximum Gasteiger partial charge on any atom is 0.410 e. The Bertz CT molecular complexity index is 1880. The van der Waals surface area contributed by atoms with E-state index >= 15 is 0 Å². The van der Waals surface area contributed by atoms with Crippen LogP contribution in [0.25, 0.3) is 32.9 Å². The number of pyridine rings is 2. The van der Waals surface area contributed by atoms with Crippen molar-refractivity contribution in [1.29, 1.82) is 0 Å². The third-order valence-corrected chi connectivity index (χ3v) is 10.1. The molecule has 0 unspecified atom stereocenters. The van der Waals surface area contributed by atoms with Crippen molar-refractivity contribution in [3.05, 3.63) is 90.9 Å². The van der Waals surface area contributed by atoms with Gasteiger partial charge in [0.15, 0.2) is 0 Å². The van der Waals surface area contributed by atoms with E-state index in [0.29, 0.717) is 38.1 Å². The maximum absolute atomic E-state index is 12.2. The van der Waals surface area contributed by atoms with Gasteiger partial charge >= 0.3 is 6.09 Å². The average molecular weight is 663 g/mol. The van der Waals surface area contributed by atoms with Crippen LogP contribution < -0.4 is 4.74 Å². The number of aromatic nitrogens is 3. The minimum absolute atomic E-state index is 0.0518. The third-order valence-electron chi connectivity index (χ3n) is 10.1. The van der Waals surface area contributed by atoms with Gasteiger partial charge < -0.3 is 33.2 Å². The van der Waals surface area contributed by atoms with E-state index < -0.39 is 0 Å². The van der Waals surface area contributed by atoms with Crippen molar-refractivity contribution < 1.29 is 28.5 Å². The molecule has 0 bridgehead atoms. The lowest BCUT2D eigenvalue weighted by Gasteiger charge is -2.39. The number of likely N-dealkylation sites (tertiary alicyclic amines) is 1. The number of nitrogens with zero attached hydrogens (tertiary/aromatic N) is 4. The topological polar surface area (TPSA) is 97.2 Å². The predicted molar refractivity (Wildman–Crippen MR) is 185 cm³/mol. The number of benzene rings is 2. The zero-order valence-electron chi connectivity index (χ0n) is 27.8. The molecule has 1 amide bonds. The van der Waals surface area contributed by atoms with Crippen molar-refractivity contribution >= 4 is 27.9 Å². The molecule has 5 aromatic rings. The van der Waals surface area contributed by atoms with Gasteiger partial charge in [0.25, 0.3) is 0 Å². The van der Waals surface area contributed by atoms with Gasteiger partial charge in [-0.3, -0.25) is 4.98 Å². The Morgan fingerprint density at radius 1 is 0.776 bits per heavy atom. The summed E-state index contributed by atoms with van der Waals surface area (Å²) in [6.45, 7) is 3.30. The van der Waals surface area contributed by atoms with Gasteiger partial charge in [-0.2, -0.15) is 0 Å². The smallest absolute Gasteiger partial charge is 0.410 e. The second kappa shape index (κ2) is 14.2. The second-order valence-corrected chi connectivity index (χ2v) is 13.5. The van der Waals surface area contributed by atoms with E-state index in [-0.39, 0.29) is 37.1 Å². The molecule has 2 saturated carbocycles. The van der Waals surface area contributed by atoms with E-state index in [1.807, 2.05) is 55.0 Å². The van der Waals surface area contributed by atoms with Gasteiger partial charge in [-0.15, -0.1) is 0 Å². The molecule has 1 aliphatic heterocycles. The molecule has 10 nitrogen and oxygen atoms in total. The van der Waals surface area contributed by atoms with E-state index in [1.54, 1.807) is 4.90 Å². The first-order chi connectivity index (χ1) is 24.1. The molecule has 3 fully saturated rings. The zero-order chi connectivity index (χ0) is 33.2. The molecule has 0 spiro atoms. The summed E-state index contributed by atoms with van der Waals surface area (Å²) in [6.07, 6.45) is 9.92. The van der Waals surface area contributed by atoms with Crippen LogP contribution in [0, 0.1) is 5.92 Å². The number of amides is 1. The van der Waals surface area contributed by atoms with Gasteiger partial charge in [-0.05, 0) is 48.1 Å². The first kappa shape index (κ1) is 31.7. The highest BCUT2D eigenvalue weighted by Gasteiger charge is 2.36. The van der Waals surface area contributed by atoms with Crippen LogP contribution in [0.1, 0.15) is 31.2 Å². The van der Waals surface area contributed by atoms with E-state index in [0.717, 1.165) is 49.0 Å². The number of ether oxygens (including phenoxy) is 5. The average Bonchev–Trinajstić information content (AvgIpc) is 3.36. The fourth-order valence-electron chi connectivity index (χ4n) is 6.93. The van der Waals surface area contributed by atoms with Gasteiger partial charge in [-0.25, -0.2) is 9.78 Å². The fourth-order valence-corrected chi connectivity index (χ4v) is 6.93. The predicted octanol–water partition coefficient (Wildman–Crippen LogP) is 6.55. The molecule has 3 aliphatic rings. The molecular formula is C39H42N4O6. The van der Waals surface area contributed by atoms with Crippen LogP contribution in [0.2, 0.25) is 0 Å². The first-order valence-corrected chi connectivity index (χ1v) is 17.3. The molecule has 3 aromatic heterocycles. The van der Waals surface area contributed by atoms with Crippen molar-refractivity contribution in [3.8, 4) is 17.0 Å². The van der Waals surface area contributed by atoms with Crippen molar-refractivity contribution in [3.63, 3.8) is 0 Å². The Hall–Kier alpha value is -4.51. The molecule has 0 radical (unpaired) electrons. The molecular weight excluding hydrogens is 620 g/mol. The standard InChI is InChI=1S/C39H42N4O6/c1-42-36-11-12-40-21-35(36)34-9-7-28(17-37(34)42)29-8-10-38(41-20-29)49-32-18-31(19-32)47-25-27-15-30(16-27)45-13-14-46-33-22-43(23-33)39(44)48-24-26-5-3-2-4-6-26/h2-12,17,20-21,27,30-33H,13-16,18-19,22-25H2,1H3/t27?,30?,31-,32-. The SMILES string of the molecule is Cn1c2ccncc2c2ccc(-c3ccc(O[C@H]4C[C@H](OCC5CC(OCCOC6CN(C(=O)OCc7ccccc7)C6)C5)C4)nc3)cc21. The second-order valence-electron chi connectivity index (χ2n) is 13.5. The fraction of sp³-hybridized carbons (Fsp3) is 0.410. The van der Waals surface area contributed by atoms with Crippen molar-refractivity contribution in [1.82, 2.24) is 19.4 Å². The summed E-state index contributed by atoms with van der Waals surface area (Å²) in [5.41, 5.74) is 5.52. The van der Waals surface area contributed by atoms with Crippen LogP contribution in [0.5, 0.6) is 5.88 Å². The number of hydrogen-bond donors (Lipinski definition) is 0. The highest BCUT2D eigenvalue weighted by Crippen LogP contribution is 2.35. The van der Waals surface area contributed by atoms with Crippen molar-refractivity contribution in [2.24, 2.45) is 13.0 Å². The summed E-state index contributed by atoms with van der Waals surface area (Å²) in [5, 5.41) is 2.37. The normalized spacial score (nSPS) is 22.0. The molecule has 10 heteroatoms. The molecule has 8 rings (SSSR count). The number of carbonyl (C=O) groups is 1. The van der Waals surface area contributed by atoms with E-state index in [9.17, 15) is 4.79 Å². The number of aryl methyl sites for hydroxylation is 1. The third kappa shape index (κ3) is 7.13. The Labute approximate surface area is 285 Å². The number of fused-ring (bicyclic) bond motifs is 3. The Balaban J connectivity index is 0.672. The van der Waals surface area contributed by atoms with Crippen LogP contribution in [0.15, 0.2) is 85.3 Å². The van der Waals surface area contributed by atoms with Crippen LogP contribution in [-0.2, 0) is 32.6 Å².